The molecule has 152 valence electrons. The molecule has 0 bridgehead atoms. The van der Waals surface area contributed by atoms with Gasteiger partial charge in [-0.1, -0.05) is 12.1 Å². The van der Waals surface area contributed by atoms with Crippen molar-refractivity contribution >= 4 is 34.3 Å². The van der Waals surface area contributed by atoms with Crippen LogP contribution in [0.15, 0.2) is 39.5 Å². The summed E-state index contributed by atoms with van der Waals surface area (Å²) in [5, 5.41) is 15.7. The minimum atomic E-state index is -0.470. The van der Waals surface area contributed by atoms with Gasteiger partial charge < -0.3 is 0 Å². The number of aromatic nitrogens is 2. The van der Waals surface area contributed by atoms with Crippen LogP contribution in [0.25, 0.3) is 0 Å². The molecule has 8 heteroatoms. The van der Waals surface area contributed by atoms with E-state index in [1.165, 1.54) is 29.2 Å². The van der Waals surface area contributed by atoms with Gasteiger partial charge in [0.2, 0.25) is 5.91 Å². The van der Waals surface area contributed by atoms with E-state index in [4.69, 9.17) is 0 Å². The van der Waals surface area contributed by atoms with Crippen LogP contribution in [0, 0.1) is 39.0 Å². The largest absolute Gasteiger partial charge is 0.289 e. The normalized spacial score (nSPS) is 10.9. The van der Waals surface area contributed by atoms with Crippen molar-refractivity contribution in [2.45, 2.75) is 34.6 Å². The molecule has 0 atom stereocenters. The van der Waals surface area contributed by atoms with Crippen molar-refractivity contribution in [2.75, 3.05) is 4.90 Å². The van der Waals surface area contributed by atoms with Gasteiger partial charge in [0, 0.05) is 18.0 Å². The van der Waals surface area contributed by atoms with Gasteiger partial charge >= 0.3 is 0 Å². The number of anilines is 2. The number of hydrogen-bond donors (Lipinski definition) is 0. The van der Waals surface area contributed by atoms with Gasteiger partial charge in [0.15, 0.2) is 5.13 Å². The summed E-state index contributed by atoms with van der Waals surface area (Å²) in [5.74, 6) is -0.147. The summed E-state index contributed by atoms with van der Waals surface area (Å²) in [5.41, 5.74) is 4.21. The van der Waals surface area contributed by atoms with Gasteiger partial charge in [-0.15, -0.1) is 11.3 Å². The average Bonchev–Trinajstić information content (AvgIpc) is 3.13. The number of nitrogens with zero attached hydrogens (tertiary/aromatic N) is 5. The molecule has 0 N–H and O–H groups in total. The Balaban J connectivity index is 1.99. The lowest BCUT2D eigenvalue weighted by Crippen LogP contribution is -2.24. The van der Waals surface area contributed by atoms with E-state index in [1.54, 1.807) is 30.2 Å². The zero-order valence-corrected chi connectivity index (χ0v) is 18.2. The molecule has 0 saturated heterocycles. The summed E-state index contributed by atoms with van der Waals surface area (Å²) in [6.07, 6.45) is 1.45. The zero-order valence-electron chi connectivity index (χ0n) is 17.4. The second-order valence-electron chi connectivity index (χ2n) is 6.95. The summed E-state index contributed by atoms with van der Waals surface area (Å²) in [4.78, 5) is 30.9. The van der Waals surface area contributed by atoms with Gasteiger partial charge in [-0.25, -0.2) is 9.66 Å². The van der Waals surface area contributed by atoms with Gasteiger partial charge in [0.05, 0.1) is 17.6 Å². The monoisotopic (exact) mass is 419 g/mol. The van der Waals surface area contributed by atoms with Crippen LogP contribution in [0.3, 0.4) is 0 Å². The van der Waals surface area contributed by atoms with E-state index in [1.807, 2.05) is 38.1 Å². The van der Waals surface area contributed by atoms with E-state index in [9.17, 15) is 14.9 Å². The zero-order chi connectivity index (χ0) is 22.0. The van der Waals surface area contributed by atoms with Crippen molar-refractivity contribution in [1.29, 1.82) is 5.26 Å². The molecular formula is C22H21N5O2S. The Morgan fingerprint density at radius 3 is 2.67 bits per heavy atom. The first-order valence-electron chi connectivity index (χ1n) is 9.24. The quantitative estimate of drug-likeness (QED) is 0.598. The van der Waals surface area contributed by atoms with E-state index in [2.05, 4.69) is 10.1 Å². The topological polar surface area (TPSA) is 91.3 Å². The molecule has 0 saturated carbocycles. The van der Waals surface area contributed by atoms with E-state index >= 15 is 0 Å². The summed E-state index contributed by atoms with van der Waals surface area (Å²) in [6.45, 7) is 8.93. The first-order chi connectivity index (χ1) is 14.2. The Kier molecular flexibility index (Phi) is 5.94. The SMILES string of the molecule is CC(=O)N(c1nc(C=Nn2c(C)cc(C)c(C#N)c2=O)cs1)c1cccc(C)c1C. The van der Waals surface area contributed by atoms with E-state index < -0.39 is 5.56 Å². The molecule has 1 amide bonds. The van der Waals surface area contributed by atoms with Crippen LogP contribution < -0.4 is 10.5 Å². The molecule has 2 aromatic heterocycles. The van der Waals surface area contributed by atoms with E-state index in [-0.39, 0.29) is 11.5 Å². The Morgan fingerprint density at radius 2 is 2.00 bits per heavy atom. The van der Waals surface area contributed by atoms with Gasteiger partial charge in [-0.3, -0.25) is 14.5 Å². The fourth-order valence-corrected chi connectivity index (χ4v) is 3.93. The standard InChI is InChI=1S/C22H21N5O2S/c1-13-7-6-8-20(16(13)4)26(17(5)28)22-25-18(12-30-22)11-24-27-15(3)9-14(2)19(10-23)21(27)29/h6-9,11-12H,1-5H3. The molecule has 1 aromatic carbocycles. The summed E-state index contributed by atoms with van der Waals surface area (Å²) >= 11 is 1.31. The molecule has 0 aliphatic heterocycles. The third kappa shape index (κ3) is 3.93. The number of benzene rings is 1. The highest BCUT2D eigenvalue weighted by Gasteiger charge is 2.20. The third-order valence-corrected chi connectivity index (χ3v) is 5.65. The van der Waals surface area contributed by atoms with E-state index in [0.717, 1.165) is 16.8 Å². The number of aryl methyl sites for hydroxylation is 3. The second-order valence-corrected chi connectivity index (χ2v) is 7.78. The predicted octanol–water partition coefficient (Wildman–Crippen LogP) is 3.98. The van der Waals surface area contributed by atoms with Gasteiger partial charge in [0.1, 0.15) is 11.6 Å². The average molecular weight is 420 g/mol. The predicted molar refractivity (Wildman–Crippen MR) is 119 cm³/mol. The number of hydrogen-bond acceptors (Lipinski definition) is 6. The number of amides is 1. The maximum atomic E-state index is 12.5. The lowest BCUT2D eigenvalue weighted by Gasteiger charge is -2.21. The second kappa shape index (κ2) is 8.43. The number of pyridine rings is 1. The highest BCUT2D eigenvalue weighted by molar-refractivity contribution is 7.14. The van der Waals surface area contributed by atoms with Crippen LogP contribution in [0.1, 0.15) is 40.6 Å². The number of carbonyl (C=O) groups excluding carboxylic acids is 1. The Labute approximate surface area is 178 Å². The van der Waals surface area contributed by atoms with Crippen LogP contribution in [0.4, 0.5) is 10.8 Å². The van der Waals surface area contributed by atoms with Crippen LogP contribution in [-0.2, 0) is 4.79 Å². The van der Waals surface area contributed by atoms with Crippen molar-refractivity contribution in [3.8, 4) is 6.07 Å². The Morgan fingerprint density at radius 1 is 1.27 bits per heavy atom. The lowest BCUT2D eigenvalue weighted by molar-refractivity contribution is -0.115. The number of rotatable bonds is 4. The highest BCUT2D eigenvalue weighted by atomic mass is 32.1. The number of nitriles is 1. The Hall–Kier alpha value is -3.57. The molecule has 0 spiro atoms. The molecule has 0 radical (unpaired) electrons. The van der Waals surface area contributed by atoms with Crippen molar-refractivity contribution in [3.63, 3.8) is 0 Å². The molecule has 0 aliphatic rings. The fourth-order valence-electron chi connectivity index (χ4n) is 3.10. The van der Waals surface area contributed by atoms with Crippen LogP contribution >= 0.6 is 11.3 Å². The minimum absolute atomic E-state index is 0.0643. The van der Waals surface area contributed by atoms with Gasteiger partial charge in [0.25, 0.3) is 5.56 Å². The van der Waals surface area contributed by atoms with Crippen LogP contribution in [0.2, 0.25) is 0 Å². The molecule has 2 heterocycles. The van der Waals surface area contributed by atoms with Crippen LogP contribution in [0.5, 0.6) is 0 Å². The maximum absolute atomic E-state index is 12.5. The minimum Gasteiger partial charge on any atom is -0.274 e. The molecule has 3 aromatic rings. The van der Waals surface area contributed by atoms with Gasteiger partial charge in [-0.05, 0) is 56.5 Å². The molecule has 30 heavy (non-hydrogen) atoms. The highest BCUT2D eigenvalue weighted by Crippen LogP contribution is 2.32. The molecule has 0 fully saturated rings. The van der Waals surface area contributed by atoms with Crippen molar-refractivity contribution in [2.24, 2.45) is 5.10 Å². The molecule has 0 aliphatic carbocycles. The van der Waals surface area contributed by atoms with Crippen molar-refractivity contribution < 1.29 is 4.79 Å². The van der Waals surface area contributed by atoms with E-state index in [0.29, 0.717) is 22.1 Å². The van der Waals surface area contributed by atoms with Crippen molar-refractivity contribution in [3.05, 3.63) is 73.6 Å². The third-order valence-electron chi connectivity index (χ3n) is 4.81. The van der Waals surface area contributed by atoms with Crippen LogP contribution in [-0.4, -0.2) is 21.8 Å². The Bertz CT molecular complexity index is 1260. The van der Waals surface area contributed by atoms with Crippen molar-refractivity contribution in [1.82, 2.24) is 9.66 Å². The lowest BCUT2D eigenvalue weighted by atomic mass is 10.1. The first kappa shape index (κ1) is 21.1. The molecule has 7 nitrogen and oxygen atoms in total. The maximum Gasteiger partial charge on any atom is 0.289 e. The fraction of sp³-hybridized carbons (Fsp3) is 0.227. The van der Waals surface area contributed by atoms with Gasteiger partial charge in [-0.2, -0.15) is 10.4 Å². The smallest absolute Gasteiger partial charge is 0.274 e. The summed E-state index contributed by atoms with van der Waals surface area (Å²) in [6, 6.07) is 9.45. The number of thiazole rings is 1. The molecule has 0 unspecified atom stereocenters. The summed E-state index contributed by atoms with van der Waals surface area (Å²) in [7, 11) is 0. The first-order valence-corrected chi connectivity index (χ1v) is 10.1. The summed E-state index contributed by atoms with van der Waals surface area (Å²) < 4.78 is 1.18. The molecule has 3 rings (SSSR count). The molecular weight excluding hydrogens is 398 g/mol. The number of carbonyl (C=O) groups is 1.